The zero-order valence-corrected chi connectivity index (χ0v) is 12.5. The Morgan fingerprint density at radius 3 is 2.72 bits per heavy atom. The number of aromatic nitrogens is 1. The molecule has 0 saturated heterocycles. The summed E-state index contributed by atoms with van der Waals surface area (Å²) in [6.45, 7) is 0. The lowest BCUT2D eigenvalue weighted by atomic mass is 10.0. The first-order chi connectivity index (χ1) is 8.56. The summed E-state index contributed by atoms with van der Waals surface area (Å²) in [5, 5.41) is 1.02. The molecule has 1 heterocycles. The van der Waals surface area contributed by atoms with E-state index in [4.69, 9.17) is 28.9 Å². The highest BCUT2D eigenvalue weighted by Crippen LogP contribution is 2.25. The van der Waals surface area contributed by atoms with Crippen molar-refractivity contribution in [3.63, 3.8) is 0 Å². The van der Waals surface area contributed by atoms with Crippen molar-refractivity contribution in [1.29, 1.82) is 0 Å². The molecule has 0 aliphatic rings. The summed E-state index contributed by atoms with van der Waals surface area (Å²) in [6.07, 6.45) is 2.23. The molecule has 2 nitrogen and oxygen atoms in total. The van der Waals surface area contributed by atoms with Gasteiger partial charge in [-0.05, 0) is 30.2 Å². The summed E-state index contributed by atoms with van der Waals surface area (Å²) < 4.78 is 1.03. The minimum absolute atomic E-state index is 0.246. The molecule has 1 atom stereocenters. The summed E-state index contributed by atoms with van der Waals surface area (Å²) in [7, 11) is 0. The number of pyridine rings is 1. The zero-order valence-electron chi connectivity index (χ0n) is 9.41. The summed E-state index contributed by atoms with van der Waals surface area (Å²) in [5.74, 6) is 0. The first kappa shape index (κ1) is 13.8. The number of halogens is 3. The number of hydrogen-bond donors (Lipinski definition) is 1. The fourth-order valence-corrected chi connectivity index (χ4v) is 2.68. The van der Waals surface area contributed by atoms with Gasteiger partial charge in [0.05, 0.1) is 21.8 Å². The van der Waals surface area contributed by atoms with E-state index in [0.29, 0.717) is 22.2 Å². The average Bonchev–Trinajstić information content (AvgIpc) is 2.28. The van der Waals surface area contributed by atoms with Crippen molar-refractivity contribution in [2.45, 2.75) is 12.5 Å². The van der Waals surface area contributed by atoms with Crippen molar-refractivity contribution in [2.75, 3.05) is 0 Å². The van der Waals surface area contributed by atoms with Crippen LogP contribution in [0, 0.1) is 0 Å². The molecule has 0 radical (unpaired) electrons. The maximum absolute atomic E-state index is 6.12. The van der Waals surface area contributed by atoms with E-state index in [1.807, 2.05) is 24.3 Å². The van der Waals surface area contributed by atoms with Crippen molar-refractivity contribution in [1.82, 2.24) is 4.98 Å². The van der Waals surface area contributed by atoms with E-state index in [-0.39, 0.29) is 6.04 Å². The van der Waals surface area contributed by atoms with Gasteiger partial charge in [-0.15, -0.1) is 0 Å². The molecule has 1 unspecified atom stereocenters. The van der Waals surface area contributed by atoms with E-state index in [0.717, 1.165) is 10.0 Å². The molecule has 0 aliphatic carbocycles. The predicted molar refractivity (Wildman–Crippen MR) is 79.0 cm³/mol. The molecule has 1 aromatic heterocycles. The van der Waals surface area contributed by atoms with Crippen molar-refractivity contribution in [3.8, 4) is 0 Å². The van der Waals surface area contributed by atoms with E-state index >= 15 is 0 Å². The number of benzene rings is 1. The fraction of sp³-hybridized carbons (Fsp3) is 0.154. The summed E-state index contributed by atoms with van der Waals surface area (Å²) in [6, 6.07) is 9.42. The lowest BCUT2D eigenvalue weighted by Gasteiger charge is -2.13. The Morgan fingerprint density at radius 2 is 2.06 bits per heavy atom. The standard InChI is InChI=1S/C13H11BrCl2N2/c14-9-3-1-2-8(4-9)5-12(17)13-11(16)6-10(15)7-18-13/h1-4,6-7,12H,5,17H2. The van der Waals surface area contributed by atoms with Crippen molar-refractivity contribution < 1.29 is 0 Å². The van der Waals surface area contributed by atoms with E-state index in [2.05, 4.69) is 20.9 Å². The Labute approximate surface area is 124 Å². The zero-order chi connectivity index (χ0) is 13.1. The molecule has 18 heavy (non-hydrogen) atoms. The van der Waals surface area contributed by atoms with Gasteiger partial charge < -0.3 is 5.73 Å². The molecule has 0 spiro atoms. The van der Waals surface area contributed by atoms with Gasteiger partial charge in [0.1, 0.15) is 0 Å². The quantitative estimate of drug-likeness (QED) is 0.895. The molecule has 0 aliphatic heterocycles. The topological polar surface area (TPSA) is 38.9 Å². The third-order valence-electron chi connectivity index (χ3n) is 2.53. The minimum atomic E-state index is -0.246. The van der Waals surface area contributed by atoms with Crippen LogP contribution in [0.1, 0.15) is 17.3 Å². The predicted octanol–water partition coefficient (Wildman–Crippen LogP) is 4.39. The van der Waals surface area contributed by atoms with Gasteiger partial charge >= 0.3 is 0 Å². The fourth-order valence-electron chi connectivity index (χ4n) is 1.71. The highest BCUT2D eigenvalue weighted by molar-refractivity contribution is 9.10. The van der Waals surface area contributed by atoms with Gasteiger partial charge in [0.15, 0.2) is 0 Å². The van der Waals surface area contributed by atoms with E-state index in [9.17, 15) is 0 Å². The molecular weight excluding hydrogens is 335 g/mol. The van der Waals surface area contributed by atoms with Gasteiger partial charge in [0.2, 0.25) is 0 Å². The second-order valence-corrected chi connectivity index (χ2v) is 5.72. The van der Waals surface area contributed by atoms with Gasteiger partial charge in [-0.25, -0.2) is 0 Å². The van der Waals surface area contributed by atoms with Crippen molar-refractivity contribution in [2.24, 2.45) is 5.73 Å². The van der Waals surface area contributed by atoms with Crippen LogP contribution in [0.3, 0.4) is 0 Å². The summed E-state index contributed by atoms with van der Waals surface area (Å²) >= 11 is 15.3. The second kappa shape index (κ2) is 6.02. The Bertz CT molecular complexity index is 560. The molecule has 0 fully saturated rings. The van der Waals surface area contributed by atoms with Gasteiger partial charge in [0.25, 0.3) is 0 Å². The molecule has 94 valence electrons. The Kier molecular flexibility index (Phi) is 4.62. The molecule has 2 aromatic rings. The van der Waals surface area contributed by atoms with Crippen LogP contribution in [0.15, 0.2) is 41.0 Å². The summed E-state index contributed by atoms with van der Waals surface area (Å²) in [5.41, 5.74) is 7.92. The molecule has 0 saturated carbocycles. The third-order valence-corrected chi connectivity index (χ3v) is 3.53. The second-order valence-electron chi connectivity index (χ2n) is 3.96. The van der Waals surface area contributed by atoms with Gasteiger partial charge in [0, 0.05) is 10.7 Å². The van der Waals surface area contributed by atoms with E-state index in [1.165, 1.54) is 0 Å². The Morgan fingerprint density at radius 1 is 1.28 bits per heavy atom. The molecule has 2 rings (SSSR count). The molecule has 0 amide bonds. The number of nitrogens with zero attached hydrogens (tertiary/aromatic N) is 1. The van der Waals surface area contributed by atoms with Crippen LogP contribution in [0.5, 0.6) is 0 Å². The van der Waals surface area contributed by atoms with E-state index < -0.39 is 0 Å². The molecule has 0 bridgehead atoms. The maximum Gasteiger partial charge on any atom is 0.0761 e. The lowest BCUT2D eigenvalue weighted by molar-refractivity contribution is 0.696. The average molecular weight is 346 g/mol. The van der Waals surface area contributed by atoms with Crippen LogP contribution in [0.4, 0.5) is 0 Å². The first-order valence-electron chi connectivity index (χ1n) is 5.37. The smallest absolute Gasteiger partial charge is 0.0761 e. The first-order valence-corrected chi connectivity index (χ1v) is 6.92. The molecule has 2 N–H and O–H groups in total. The maximum atomic E-state index is 6.12. The monoisotopic (exact) mass is 344 g/mol. The Balaban J connectivity index is 2.19. The van der Waals surface area contributed by atoms with Crippen LogP contribution in [-0.4, -0.2) is 4.98 Å². The number of nitrogens with two attached hydrogens (primary N) is 1. The SMILES string of the molecule is NC(Cc1cccc(Br)c1)c1ncc(Cl)cc1Cl. The van der Waals surface area contributed by atoms with Crippen LogP contribution in [0.2, 0.25) is 10.0 Å². The molecule has 1 aromatic carbocycles. The molecular formula is C13H11BrCl2N2. The Hall–Kier alpha value is -0.610. The van der Waals surface area contributed by atoms with Crippen LogP contribution in [-0.2, 0) is 6.42 Å². The van der Waals surface area contributed by atoms with Gasteiger partial charge in [-0.1, -0.05) is 51.3 Å². The number of hydrogen-bond acceptors (Lipinski definition) is 2. The van der Waals surface area contributed by atoms with Gasteiger partial charge in [-0.2, -0.15) is 0 Å². The van der Waals surface area contributed by atoms with Crippen LogP contribution in [0.25, 0.3) is 0 Å². The molecule has 5 heteroatoms. The minimum Gasteiger partial charge on any atom is -0.322 e. The van der Waals surface area contributed by atoms with Gasteiger partial charge in [-0.3, -0.25) is 4.98 Å². The highest BCUT2D eigenvalue weighted by Gasteiger charge is 2.13. The largest absolute Gasteiger partial charge is 0.322 e. The number of rotatable bonds is 3. The summed E-state index contributed by atoms with van der Waals surface area (Å²) in [4.78, 5) is 4.20. The lowest BCUT2D eigenvalue weighted by Crippen LogP contribution is -2.15. The van der Waals surface area contributed by atoms with Crippen LogP contribution < -0.4 is 5.73 Å². The van der Waals surface area contributed by atoms with Crippen molar-refractivity contribution in [3.05, 3.63) is 62.3 Å². The normalized spacial score (nSPS) is 12.4. The van der Waals surface area contributed by atoms with Crippen molar-refractivity contribution >= 4 is 39.1 Å². The van der Waals surface area contributed by atoms with E-state index in [1.54, 1.807) is 12.3 Å². The third kappa shape index (κ3) is 3.45. The van der Waals surface area contributed by atoms with Crippen LogP contribution >= 0.6 is 39.1 Å². The highest BCUT2D eigenvalue weighted by atomic mass is 79.9.